The third-order valence-corrected chi connectivity index (χ3v) is 6.90. The zero-order valence-electron chi connectivity index (χ0n) is 20.8. The van der Waals surface area contributed by atoms with E-state index < -0.39 is 23.3 Å². The van der Waals surface area contributed by atoms with Gasteiger partial charge in [-0.3, -0.25) is 4.79 Å². The van der Waals surface area contributed by atoms with Crippen LogP contribution in [0.25, 0.3) is 0 Å². The summed E-state index contributed by atoms with van der Waals surface area (Å²) in [6, 6.07) is 11.1. The van der Waals surface area contributed by atoms with Crippen molar-refractivity contribution in [1.82, 2.24) is 10.6 Å². The van der Waals surface area contributed by atoms with E-state index in [-0.39, 0.29) is 27.8 Å². The van der Waals surface area contributed by atoms with E-state index in [0.29, 0.717) is 23.6 Å². The van der Waals surface area contributed by atoms with Crippen molar-refractivity contribution >= 4 is 29.1 Å². The minimum atomic E-state index is -1.09. The average molecular weight is 509 g/mol. The van der Waals surface area contributed by atoms with Crippen molar-refractivity contribution in [2.24, 2.45) is 16.6 Å². The number of nitrogens with one attached hydrogen (secondary N) is 2. The summed E-state index contributed by atoms with van der Waals surface area (Å²) < 4.78 is 15.5. The van der Waals surface area contributed by atoms with Crippen LogP contribution in [0.4, 0.5) is 4.39 Å². The Morgan fingerprint density at radius 3 is 2.24 bits per heavy atom. The molecule has 0 radical (unpaired) electrons. The first-order chi connectivity index (χ1) is 15.6. The molecule has 1 fully saturated rings. The molecule has 2 aromatic carbocycles. The summed E-state index contributed by atoms with van der Waals surface area (Å²) in [5.41, 5.74) is 7.11. The number of carbonyl (C=O) groups is 1. The van der Waals surface area contributed by atoms with Gasteiger partial charge in [0, 0.05) is 23.5 Å². The van der Waals surface area contributed by atoms with Crippen LogP contribution in [-0.2, 0) is 10.3 Å². The molecule has 1 amide bonds. The molecule has 0 aromatic heterocycles. The van der Waals surface area contributed by atoms with Crippen molar-refractivity contribution in [2.45, 2.75) is 71.5 Å². The van der Waals surface area contributed by atoms with Gasteiger partial charge in [-0.2, -0.15) is 0 Å². The summed E-state index contributed by atoms with van der Waals surface area (Å²) in [6.45, 7) is 13.0. The Bertz CT molecular complexity index is 1030. The molecule has 3 rings (SSSR count). The first kappa shape index (κ1) is 26.9. The molecular formula is C27H36Cl2FN3O. The predicted molar refractivity (Wildman–Crippen MR) is 139 cm³/mol. The third kappa shape index (κ3) is 5.76. The van der Waals surface area contributed by atoms with E-state index in [1.807, 2.05) is 32.9 Å². The minimum absolute atomic E-state index is 0.00378. The van der Waals surface area contributed by atoms with Gasteiger partial charge in [-0.25, -0.2) is 4.39 Å². The average Bonchev–Trinajstić information content (AvgIpc) is 3.00. The summed E-state index contributed by atoms with van der Waals surface area (Å²) in [4.78, 5) is 13.6. The van der Waals surface area contributed by atoms with E-state index in [4.69, 9.17) is 28.9 Å². The molecule has 0 aliphatic carbocycles. The molecule has 7 heteroatoms. The second kappa shape index (κ2) is 9.77. The molecule has 0 bridgehead atoms. The highest BCUT2D eigenvalue weighted by molar-refractivity contribution is 6.31. The highest BCUT2D eigenvalue weighted by Crippen LogP contribution is 2.49. The van der Waals surface area contributed by atoms with Crippen molar-refractivity contribution in [3.63, 3.8) is 0 Å². The smallest absolute Gasteiger partial charge is 0.237 e. The zero-order valence-corrected chi connectivity index (χ0v) is 22.3. The minimum Gasteiger partial charge on any atom is -0.354 e. The molecule has 1 heterocycles. The molecule has 0 unspecified atom stereocenters. The number of hydrogen-bond donors (Lipinski definition) is 3. The molecule has 4 atom stereocenters. The maximum absolute atomic E-state index is 15.5. The molecule has 0 saturated carbocycles. The van der Waals surface area contributed by atoms with Crippen molar-refractivity contribution in [2.75, 3.05) is 6.54 Å². The Labute approximate surface area is 212 Å². The van der Waals surface area contributed by atoms with Gasteiger partial charge >= 0.3 is 0 Å². The number of amides is 1. The van der Waals surface area contributed by atoms with Crippen LogP contribution >= 0.6 is 23.2 Å². The summed E-state index contributed by atoms with van der Waals surface area (Å²) in [5.74, 6) is -1.45. The number of nitrogens with two attached hydrogens (primary N) is 1. The summed E-state index contributed by atoms with van der Waals surface area (Å²) in [7, 11) is 0. The lowest BCUT2D eigenvalue weighted by Gasteiger charge is -2.39. The summed E-state index contributed by atoms with van der Waals surface area (Å²) in [6.07, 6.45) is 0.674. The second-order valence-corrected chi connectivity index (χ2v) is 12.6. The van der Waals surface area contributed by atoms with E-state index in [0.717, 1.165) is 5.56 Å². The van der Waals surface area contributed by atoms with Gasteiger partial charge in [0.1, 0.15) is 5.82 Å². The summed E-state index contributed by atoms with van der Waals surface area (Å²) >= 11 is 12.4. The number of hydrogen-bond acceptors (Lipinski definition) is 3. The first-order valence-electron chi connectivity index (χ1n) is 11.7. The fourth-order valence-corrected chi connectivity index (χ4v) is 5.10. The molecular weight excluding hydrogens is 472 g/mol. The van der Waals surface area contributed by atoms with E-state index in [1.54, 1.807) is 24.3 Å². The van der Waals surface area contributed by atoms with E-state index in [9.17, 15) is 4.79 Å². The Hall–Kier alpha value is -1.66. The topological polar surface area (TPSA) is 67.2 Å². The van der Waals surface area contributed by atoms with Gasteiger partial charge in [0.15, 0.2) is 0 Å². The molecule has 1 aliphatic heterocycles. The molecule has 1 aliphatic rings. The van der Waals surface area contributed by atoms with Gasteiger partial charge in [0.2, 0.25) is 5.91 Å². The highest BCUT2D eigenvalue weighted by atomic mass is 35.5. The number of halogens is 3. The third-order valence-electron chi connectivity index (χ3n) is 6.36. The number of carbonyl (C=O) groups excluding carboxylic acids is 1. The number of rotatable bonds is 5. The van der Waals surface area contributed by atoms with Crippen LogP contribution in [0.1, 0.15) is 65.0 Å². The standard InChI is InChI=1S/C27H36Cl2FN3O/c1-25(2,3)14-20-27(31,16-10-12-17(28)13-11-16)21(18-8-7-9-19(29)22(18)30)23(33-20)24(34)32-15-26(4,5)6/h7-13,20-21,23,33H,14-15,31H2,1-6H3,(H,32,34)/t20-,21-,23+,27+/m0/s1. The van der Waals surface area contributed by atoms with Crippen LogP contribution in [-0.4, -0.2) is 24.5 Å². The van der Waals surface area contributed by atoms with Gasteiger partial charge < -0.3 is 16.4 Å². The van der Waals surface area contributed by atoms with Crippen LogP contribution in [0.5, 0.6) is 0 Å². The predicted octanol–water partition coefficient (Wildman–Crippen LogP) is 6.01. The molecule has 1 saturated heterocycles. The highest BCUT2D eigenvalue weighted by Gasteiger charge is 2.57. The van der Waals surface area contributed by atoms with Crippen LogP contribution in [0.15, 0.2) is 42.5 Å². The van der Waals surface area contributed by atoms with Gasteiger partial charge in [-0.15, -0.1) is 0 Å². The van der Waals surface area contributed by atoms with Gasteiger partial charge in [0.05, 0.1) is 16.6 Å². The number of benzene rings is 2. The lowest BCUT2D eigenvalue weighted by atomic mass is 9.68. The van der Waals surface area contributed by atoms with Crippen LogP contribution in [0.2, 0.25) is 10.0 Å². The Balaban J connectivity index is 2.20. The summed E-state index contributed by atoms with van der Waals surface area (Å²) in [5, 5.41) is 7.13. The monoisotopic (exact) mass is 507 g/mol. The zero-order chi connectivity index (χ0) is 25.5. The fraction of sp³-hybridized carbons (Fsp3) is 0.519. The molecule has 4 nitrogen and oxygen atoms in total. The normalized spacial score (nSPS) is 25.4. The van der Waals surface area contributed by atoms with Crippen molar-refractivity contribution in [1.29, 1.82) is 0 Å². The maximum Gasteiger partial charge on any atom is 0.237 e. The van der Waals surface area contributed by atoms with Crippen molar-refractivity contribution in [3.05, 3.63) is 69.5 Å². The van der Waals surface area contributed by atoms with Gasteiger partial charge in [-0.1, -0.05) is 89.0 Å². The van der Waals surface area contributed by atoms with Crippen LogP contribution in [0, 0.1) is 16.6 Å². The van der Waals surface area contributed by atoms with Gasteiger partial charge in [0.25, 0.3) is 0 Å². The largest absolute Gasteiger partial charge is 0.354 e. The van der Waals surface area contributed by atoms with E-state index in [2.05, 4.69) is 31.4 Å². The first-order valence-corrected chi connectivity index (χ1v) is 12.4. The van der Waals surface area contributed by atoms with Crippen LogP contribution < -0.4 is 16.4 Å². The van der Waals surface area contributed by atoms with E-state index in [1.165, 1.54) is 6.07 Å². The van der Waals surface area contributed by atoms with Crippen molar-refractivity contribution < 1.29 is 9.18 Å². The van der Waals surface area contributed by atoms with E-state index >= 15 is 4.39 Å². The quantitative estimate of drug-likeness (QED) is 0.464. The SMILES string of the molecule is CC(C)(C)CNC(=O)[C@@H]1N[C@@H](CC(C)(C)C)[C@](N)(c2ccc(Cl)cc2)[C@H]1c1cccc(Cl)c1F. The lowest BCUT2D eigenvalue weighted by molar-refractivity contribution is -0.123. The maximum atomic E-state index is 15.5. The van der Waals surface area contributed by atoms with Crippen molar-refractivity contribution in [3.8, 4) is 0 Å². The molecule has 0 spiro atoms. The molecule has 186 valence electrons. The lowest BCUT2D eigenvalue weighted by Crippen LogP contribution is -2.52. The fourth-order valence-electron chi connectivity index (χ4n) is 4.79. The molecule has 4 N–H and O–H groups in total. The van der Waals surface area contributed by atoms with Gasteiger partial charge in [-0.05, 0) is 46.6 Å². The molecule has 2 aromatic rings. The molecule has 34 heavy (non-hydrogen) atoms. The Kier molecular flexibility index (Phi) is 7.74. The Morgan fingerprint density at radius 2 is 1.68 bits per heavy atom. The Morgan fingerprint density at radius 1 is 1.06 bits per heavy atom. The second-order valence-electron chi connectivity index (χ2n) is 11.8. The van der Waals surface area contributed by atoms with Crippen LogP contribution in [0.3, 0.4) is 0 Å².